The Hall–Kier alpha value is -1.39. The number of nitrogens with zero attached hydrogens (tertiary/aromatic N) is 3. The maximum absolute atomic E-state index is 9.46. The molecule has 104 valence electrons. The molecule has 19 heavy (non-hydrogen) atoms. The molecule has 0 fully saturated rings. The summed E-state index contributed by atoms with van der Waals surface area (Å²) in [6.07, 6.45) is 1.84. The third-order valence-electron chi connectivity index (χ3n) is 3.74. The fourth-order valence-corrected chi connectivity index (χ4v) is 2.54. The summed E-state index contributed by atoms with van der Waals surface area (Å²) in [6.45, 7) is 5.30. The third-order valence-corrected chi connectivity index (χ3v) is 3.74. The highest BCUT2D eigenvalue weighted by molar-refractivity contribution is 5.75. The van der Waals surface area contributed by atoms with Gasteiger partial charge in [0.1, 0.15) is 0 Å². The zero-order valence-corrected chi connectivity index (χ0v) is 12.2. The van der Waals surface area contributed by atoms with E-state index in [0.717, 1.165) is 17.6 Å². The van der Waals surface area contributed by atoms with Gasteiger partial charge in [-0.2, -0.15) is 0 Å². The highest BCUT2D eigenvalue weighted by Crippen LogP contribution is 2.17. The lowest BCUT2D eigenvalue weighted by atomic mass is 10.0. The lowest BCUT2D eigenvalue weighted by Gasteiger charge is -2.29. The average Bonchev–Trinajstić information content (AvgIpc) is 2.71. The van der Waals surface area contributed by atoms with Gasteiger partial charge in [0.05, 0.1) is 24.0 Å². The number of hydrogen-bond donors (Lipinski definition) is 1. The minimum Gasteiger partial charge on any atom is -0.395 e. The van der Waals surface area contributed by atoms with Crippen molar-refractivity contribution in [1.82, 2.24) is 14.5 Å². The van der Waals surface area contributed by atoms with Crippen molar-refractivity contribution in [2.24, 2.45) is 13.0 Å². The van der Waals surface area contributed by atoms with E-state index in [0.29, 0.717) is 5.92 Å². The summed E-state index contributed by atoms with van der Waals surface area (Å²) >= 11 is 0. The van der Waals surface area contributed by atoms with Crippen LogP contribution in [0, 0.1) is 5.92 Å². The summed E-state index contributed by atoms with van der Waals surface area (Å²) in [6, 6.07) is 6.56. The molecule has 1 aromatic heterocycles. The number of imidazole rings is 1. The van der Waals surface area contributed by atoms with Gasteiger partial charge in [0.15, 0.2) is 0 Å². The Labute approximate surface area is 114 Å². The molecule has 1 N–H and O–H groups in total. The first kappa shape index (κ1) is 14.0. The van der Waals surface area contributed by atoms with Crippen LogP contribution in [0.15, 0.2) is 24.5 Å². The van der Waals surface area contributed by atoms with Gasteiger partial charge in [-0.15, -0.1) is 0 Å². The molecule has 1 unspecified atom stereocenters. The minimum atomic E-state index is 0.194. The van der Waals surface area contributed by atoms with E-state index in [4.69, 9.17) is 0 Å². The molecule has 0 aliphatic rings. The number of aliphatic hydroxyl groups excluding tert-OH is 1. The Balaban J connectivity index is 2.16. The number of benzene rings is 1. The van der Waals surface area contributed by atoms with Crippen molar-refractivity contribution in [1.29, 1.82) is 0 Å². The van der Waals surface area contributed by atoms with Gasteiger partial charge in [-0.3, -0.25) is 4.90 Å². The fourth-order valence-electron chi connectivity index (χ4n) is 2.54. The number of likely N-dealkylation sites (N-methyl/N-ethyl adjacent to an activating group) is 1. The predicted molar refractivity (Wildman–Crippen MR) is 77.9 cm³/mol. The van der Waals surface area contributed by atoms with E-state index in [1.165, 1.54) is 5.56 Å². The van der Waals surface area contributed by atoms with Crippen LogP contribution in [-0.2, 0) is 13.6 Å². The number of rotatable bonds is 5. The van der Waals surface area contributed by atoms with Gasteiger partial charge in [-0.1, -0.05) is 19.9 Å². The van der Waals surface area contributed by atoms with E-state index in [2.05, 4.69) is 49.0 Å². The summed E-state index contributed by atoms with van der Waals surface area (Å²) in [5.74, 6) is 0.439. The monoisotopic (exact) mass is 261 g/mol. The summed E-state index contributed by atoms with van der Waals surface area (Å²) in [5, 5.41) is 9.46. The van der Waals surface area contributed by atoms with Gasteiger partial charge in [-0.25, -0.2) is 4.98 Å². The standard InChI is InChI=1S/C15H23N3O/c1-11(2)15(9-19)17(3)8-12-5-6-14-13(7-12)16-10-18(14)4/h5-7,10-11,15,19H,8-9H2,1-4H3. The second kappa shape index (κ2) is 5.72. The third kappa shape index (κ3) is 2.96. The van der Waals surface area contributed by atoms with Crippen molar-refractivity contribution in [3.05, 3.63) is 30.1 Å². The molecule has 0 aliphatic carbocycles. The molecule has 0 bridgehead atoms. The molecule has 4 nitrogen and oxygen atoms in total. The van der Waals surface area contributed by atoms with Crippen molar-refractivity contribution in [3.8, 4) is 0 Å². The Morgan fingerprint density at radius 3 is 2.74 bits per heavy atom. The smallest absolute Gasteiger partial charge is 0.0955 e. The van der Waals surface area contributed by atoms with Crippen LogP contribution in [0.4, 0.5) is 0 Å². The minimum absolute atomic E-state index is 0.194. The van der Waals surface area contributed by atoms with Gasteiger partial charge in [0.25, 0.3) is 0 Å². The van der Waals surface area contributed by atoms with E-state index < -0.39 is 0 Å². The lowest BCUT2D eigenvalue weighted by Crippen LogP contribution is -2.38. The van der Waals surface area contributed by atoms with E-state index in [1.807, 2.05) is 17.9 Å². The molecule has 0 saturated carbocycles. The molecule has 4 heteroatoms. The van der Waals surface area contributed by atoms with E-state index >= 15 is 0 Å². The number of fused-ring (bicyclic) bond motifs is 1. The Morgan fingerprint density at radius 1 is 1.37 bits per heavy atom. The molecule has 2 aromatic rings. The van der Waals surface area contributed by atoms with E-state index in [9.17, 15) is 5.11 Å². The quantitative estimate of drug-likeness (QED) is 0.895. The number of aromatic nitrogens is 2. The molecule has 0 spiro atoms. The SMILES string of the molecule is CC(C)C(CO)N(C)Cc1ccc2c(c1)ncn2C. The molecule has 0 amide bonds. The van der Waals surface area contributed by atoms with Crippen molar-refractivity contribution < 1.29 is 5.11 Å². The van der Waals surface area contributed by atoms with Crippen LogP contribution < -0.4 is 0 Å². The molecule has 1 heterocycles. The molecule has 1 aromatic carbocycles. The van der Waals surface area contributed by atoms with Crippen LogP contribution in [0.1, 0.15) is 19.4 Å². The first-order chi connectivity index (χ1) is 9.02. The first-order valence-corrected chi connectivity index (χ1v) is 6.74. The normalized spacial score (nSPS) is 13.6. The highest BCUT2D eigenvalue weighted by atomic mass is 16.3. The molecular weight excluding hydrogens is 238 g/mol. The zero-order valence-electron chi connectivity index (χ0n) is 12.2. The molecule has 2 rings (SSSR count). The topological polar surface area (TPSA) is 41.3 Å². The van der Waals surface area contributed by atoms with Gasteiger partial charge in [-0.05, 0) is 30.7 Å². The lowest BCUT2D eigenvalue weighted by molar-refractivity contribution is 0.108. The van der Waals surface area contributed by atoms with E-state index in [-0.39, 0.29) is 12.6 Å². The molecule has 0 aliphatic heterocycles. The molecular formula is C15H23N3O. The molecule has 0 radical (unpaired) electrons. The second-order valence-electron chi connectivity index (χ2n) is 5.59. The Morgan fingerprint density at radius 2 is 2.11 bits per heavy atom. The maximum Gasteiger partial charge on any atom is 0.0955 e. The van der Waals surface area contributed by atoms with Crippen LogP contribution in [0.25, 0.3) is 11.0 Å². The van der Waals surface area contributed by atoms with Gasteiger partial charge < -0.3 is 9.67 Å². The molecule has 0 saturated heterocycles. The summed E-state index contributed by atoms with van der Waals surface area (Å²) in [5.41, 5.74) is 3.40. The van der Waals surface area contributed by atoms with Crippen LogP contribution in [0.3, 0.4) is 0 Å². The van der Waals surface area contributed by atoms with Crippen LogP contribution in [0.5, 0.6) is 0 Å². The van der Waals surface area contributed by atoms with Crippen molar-refractivity contribution in [3.63, 3.8) is 0 Å². The largest absolute Gasteiger partial charge is 0.395 e. The van der Waals surface area contributed by atoms with Crippen molar-refractivity contribution >= 4 is 11.0 Å². The first-order valence-electron chi connectivity index (χ1n) is 6.74. The fraction of sp³-hybridized carbons (Fsp3) is 0.533. The summed E-state index contributed by atoms with van der Waals surface area (Å²) in [7, 11) is 4.06. The predicted octanol–water partition coefficient (Wildman–Crippen LogP) is 2.02. The summed E-state index contributed by atoms with van der Waals surface area (Å²) in [4.78, 5) is 6.58. The summed E-state index contributed by atoms with van der Waals surface area (Å²) < 4.78 is 2.02. The van der Waals surface area contributed by atoms with Crippen molar-refractivity contribution in [2.75, 3.05) is 13.7 Å². The highest BCUT2D eigenvalue weighted by Gasteiger charge is 2.17. The van der Waals surface area contributed by atoms with Gasteiger partial charge >= 0.3 is 0 Å². The number of hydrogen-bond acceptors (Lipinski definition) is 3. The maximum atomic E-state index is 9.46. The molecule has 1 atom stereocenters. The number of aliphatic hydroxyl groups is 1. The Bertz CT molecular complexity index is 547. The van der Waals surface area contributed by atoms with Gasteiger partial charge in [0.2, 0.25) is 0 Å². The van der Waals surface area contributed by atoms with Crippen LogP contribution >= 0.6 is 0 Å². The average molecular weight is 261 g/mol. The number of aryl methyl sites for hydroxylation is 1. The zero-order chi connectivity index (χ0) is 14.0. The van der Waals surface area contributed by atoms with Crippen LogP contribution in [-0.4, -0.2) is 39.3 Å². The van der Waals surface area contributed by atoms with Crippen molar-refractivity contribution in [2.45, 2.75) is 26.4 Å². The Kier molecular flexibility index (Phi) is 4.22. The second-order valence-corrected chi connectivity index (χ2v) is 5.59. The van der Waals surface area contributed by atoms with Gasteiger partial charge in [0, 0.05) is 19.6 Å². The van der Waals surface area contributed by atoms with Crippen LogP contribution in [0.2, 0.25) is 0 Å². The van der Waals surface area contributed by atoms with E-state index in [1.54, 1.807) is 0 Å².